The predicted octanol–water partition coefficient (Wildman–Crippen LogP) is 2.88. The minimum absolute atomic E-state index is 0.00304. The molecule has 0 amide bonds. The van der Waals surface area contributed by atoms with Crippen LogP contribution in [0.15, 0.2) is 41.3 Å². The molecule has 3 rings (SSSR count). The maximum Gasteiger partial charge on any atom is 0.250 e. The standard InChI is InChI=1S/C17H20N2O2/c1-3-15(18-14-5-7-17(20)19(2)11-14)12-4-6-16-13(10-12)8-9-21-16/h4-7,10-11,15,18H,3,8-9H2,1-2H3. The van der Waals surface area contributed by atoms with E-state index in [-0.39, 0.29) is 11.6 Å². The Hall–Kier alpha value is -2.23. The molecule has 1 aliphatic heterocycles. The molecule has 2 heterocycles. The molecule has 1 aromatic carbocycles. The molecule has 0 aliphatic carbocycles. The molecule has 0 spiro atoms. The van der Waals surface area contributed by atoms with Gasteiger partial charge in [0.1, 0.15) is 5.75 Å². The first-order valence-corrected chi connectivity index (χ1v) is 7.36. The molecule has 1 aliphatic rings. The first-order valence-electron chi connectivity index (χ1n) is 7.36. The molecule has 4 heteroatoms. The number of pyridine rings is 1. The predicted molar refractivity (Wildman–Crippen MR) is 84.0 cm³/mol. The highest BCUT2D eigenvalue weighted by Gasteiger charge is 2.16. The number of fused-ring (bicyclic) bond motifs is 1. The summed E-state index contributed by atoms with van der Waals surface area (Å²) in [5, 5.41) is 3.50. The Bertz CT molecular complexity index is 706. The van der Waals surface area contributed by atoms with E-state index in [4.69, 9.17) is 4.74 Å². The van der Waals surface area contributed by atoms with Gasteiger partial charge >= 0.3 is 0 Å². The molecule has 1 unspecified atom stereocenters. The molecule has 4 nitrogen and oxygen atoms in total. The molecule has 1 aromatic heterocycles. The lowest BCUT2D eigenvalue weighted by Gasteiger charge is -2.19. The maximum atomic E-state index is 11.4. The van der Waals surface area contributed by atoms with Gasteiger partial charge in [-0.05, 0) is 35.7 Å². The molecular formula is C17H20N2O2. The number of nitrogens with zero attached hydrogens (tertiary/aromatic N) is 1. The molecule has 2 aromatic rings. The molecule has 0 fully saturated rings. The van der Waals surface area contributed by atoms with Gasteiger partial charge in [0.2, 0.25) is 5.56 Å². The van der Waals surface area contributed by atoms with Crippen molar-refractivity contribution >= 4 is 5.69 Å². The van der Waals surface area contributed by atoms with E-state index in [0.29, 0.717) is 0 Å². The van der Waals surface area contributed by atoms with Crippen LogP contribution in [0.1, 0.15) is 30.5 Å². The number of aryl methyl sites for hydroxylation is 1. The van der Waals surface area contributed by atoms with Gasteiger partial charge in [-0.15, -0.1) is 0 Å². The van der Waals surface area contributed by atoms with E-state index in [1.54, 1.807) is 17.7 Å². The summed E-state index contributed by atoms with van der Waals surface area (Å²) in [7, 11) is 1.77. The van der Waals surface area contributed by atoms with Crippen molar-refractivity contribution in [1.29, 1.82) is 0 Å². The number of anilines is 1. The van der Waals surface area contributed by atoms with Crippen LogP contribution in [-0.4, -0.2) is 11.2 Å². The first kappa shape index (κ1) is 13.7. The third kappa shape index (κ3) is 2.79. The van der Waals surface area contributed by atoms with Crippen molar-refractivity contribution in [3.63, 3.8) is 0 Å². The lowest BCUT2D eigenvalue weighted by molar-refractivity contribution is 0.357. The summed E-state index contributed by atoms with van der Waals surface area (Å²) in [6, 6.07) is 10.1. The Balaban J connectivity index is 1.84. The lowest BCUT2D eigenvalue weighted by atomic mass is 10.0. The molecule has 0 saturated heterocycles. The van der Waals surface area contributed by atoms with Gasteiger partial charge < -0.3 is 14.6 Å². The molecule has 0 bridgehead atoms. The smallest absolute Gasteiger partial charge is 0.250 e. The van der Waals surface area contributed by atoms with E-state index in [2.05, 4.69) is 30.4 Å². The second-order valence-electron chi connectivity index (χ2n) is 5.44. The van der Waals surface area contributed by atoms with Gasteiger partial charge in [0, 0.05) is 25.7 Å². The molecule has 21 heavy (non-hydrogen) atoms. The van der Waals surface area contributed by atoms with Crippen molar-refractivity contribution in [2.24, 2.45) is 7.05 Å². The largest absolute Gasteiger partial charge is 0.493 e. The van der Waals surface area contributed by atoms with Gasteiger partial charge in [-0.2, -0.15) is 0 Å². The second-order valence-corrected chi connectivity index (χ2v) is 5.44. The minimum atomic E-state index is 0.00304. The van der Waals surface area contributed by atoms with E-state index >= 15 is 0 Å². The molecule has 0 saturated carbocycles. The second kappa shape index (κ2) is 5.64. The summed E-state index contributed by atoms with van der Waals surface area (Å²) < 4.78 is 7.14. The number of aromatic nitrogens is 1. The summed E-state index contributed by atoms with van der Waals surface area (Å²) >= 11 is 0. The average molecular weight is 284 g/mol. The number of hydrogen-bond donors (Lipinski definition) is 1. The van der Waals surface area contributed by atoms with E-state index in [9.17, 15) is 4.79 Å². The number of rotatable bonds is 4. The van der Waals surface area contributed by atoms with Crippen LogP contribution in [0.3, 0.4) is 0 Å². The zero-order valence-electron chi connectivity index (χ0n) is 12.4. The summed E-state index contributed by atoms with van der Waals surface area (Å²) in [5.41, 5.74) is 3.51. The Kier molecular flexibility index (Phi) is 3.69. The fourth-order valence-electron chi connectivity index (χ4n) is 2.72. The highest BCUT2D eigenvalue weighted by atomic mass is 16.5. The van der Waals surface area contributed by atoms with Crippen LogP contribution in [0, 0.1) is 0 Å². The van der Waals surface area contributed by atoms with Crippen molar-refractivity contribution in [2.45, 2.75) is 25.8 Å². The maximum absolute atomic E-state index is 11.4. The average Bonchev–Trinajstić information content (AvgIpc) is 2.95. The van der Waals surface area contributed by atoms with Crippen molar-refractivity contribution < 1.29 is 4.74 Å². The number of nitrogens with one attached hydrogen (secondary N) is 1. The van der Waals surface area contributed by atoms with E-state index in [1.807, 2.05) is 12.3 Å². The first-order chi connectivity index (χ1) is 10.2. The molecule has 1 atom stereocenters. The molecular weight excluding hydrogens is 264 g/mol. The Morgan fingerprint density at radius 3 is 2.95 bits per heavy atom. The normalized spacial score (nSPS) is 14.4. The monoisotopic (exact) mass is 284 g/mol. The van der Waals surface area contributed by atoms with Gasteiger partial charge in [0.25, 0.3) is 0 Å². The quantitative estimate of drug-likeness (QED) is 0.939. The van der Waals surface area contributed by atoms with Crippen molar-refractivity contribution in [1.82, 2.24) is 4.57 Å². The molecule has 0 radical (unpaired) electrons. The fourth-order valence-corrected chi connectivity index (χ4v) is 2.72. The van der Waals surface area contributed by atoms with Gasteiger partial charge in [-0.1, -0.05) is 13.0 Å². The summed E-state index contributed by atoms with van der Waals surface area (Å²) in [6.07, 6.45) is 3.80. The van der Waals surface area contributed by atoms with Gasteiger partial charge in [-0.3, -0.25) is 4.79 Å². The van der Waals surface area contributed by atoms with Gasteiger partial charge in [0.15, 0.2) is 0 Å². The van der Waals surface area contributed by atoms with E-state index in [1.165, 1.54) is 11.1 Å². The van der Waals surface area contributed by atoms with E-state index < -0.39 is 0 Å². The van der Waals surface area contributed by atoms with Crippen LogP contribution in [0.2, 0.25) is 0 Å². The number of ether oxygens (including phenoxy) is 1. The number of benzene rings is 1. The minimum Gasteiger partial charge on any atom is -0.493 e. The highest BCUT2D eigenvalue weighted by Crippen LogP contribution is 2.30. The van der Waals surface area contributed by atoms with Crippen LogP contribution in [0.5, 0.6) is 5.75 Å². The third-order valence-electron chi connectivity index (χ3n) is 3.95. The van der Waals surface area contributed by atoms with E-state index in [0.717, 1.165) is 30.9 Å². The lowest BCUT2D eigenvalue weighted by Crippen LogP contribution is -2.17. The van der Waals surface area contributed by atoms with Crippen LogP contribution in [0.25, 0.3) is 0 Å². The summed E-state index contributed by atoms with van der Waals surface area (Å²) in [6.45, 7) is 2.94. The van der Waals surface area contributed by atoms with Crippen LogP contribution < -0.4 is 15.6 Å². The highest BCUT2D eigenvalue weighted by molar-refractivity contribution is 5.46. The third-order valence-corrected chi connectivity index (χ3v) is 3.95. The van der Waals surface area contributed by atoms with Gasteiger partial charge in [-0.25, -0.2) is 0 Å². The summed E-state index contributed by atoms with van der Waals surface area (Å²) in [4.78, 5) is 11.4. The number of hydrogen-bond acceptors (Lipinski definition) is 3. The van der Waals surface area contributed by atoms with Crippen molar-refractivity contribution in [3.05, 3.63) is 58.0 Å². The van der Waals surface area contributed by atoms with Crippen LogP contribution in [-0.2, 0) is 13.5 Å². The summed E-state index contributed by atoms with van der Waals surface area (Å²) in [5.74, 6) is 1.01. The Labute approximate surface area is 124 Å². The van der Waals surface area contributed by atoms with Crippen molar-refractivity contribution in [3.8, 4) is 5.75 Å². The zero-order chi connectivity index (χ0) is 14.8. The molecule has 110 valence electrons. The SMILES string of the molecule is CCC(Nc1ccc(=O)n(C)c1)c1ccc2c(c1)CCO2. The fraction of sp³-hybridized carbons (Fsp3) is 0.353. The topological polar surface area (TPSA) is 43.3 Å². The Morgan fingerprint density at radius 2 is 2.19 bits per heavy atom. The molecule has 1 N–H and O–H groups in total. The Morgan fingerprint density at radius 1 is 1.33 bits per heavy atom. The van der Waals surface area contributed by atoms with Gasteiger partial charge in [0.05, 0.1) is 18.3 Å². The van der Waals surface area contributed by atoms with Crippen LogP contribution >= 0.6 is 0 Å². The van der Waals surface area contributed by atoms with Crippen molar-refractivity contribution in [2.75, 3.05) is 11.9 Å². The van der Waals surface area contributed by atoms with Crippen LogP contribution in [0.4, 0.5) is 5.69 Å². The zero-order valence-corrected chi connectivity index (χ0v) is 12.4.